The van der Waals surface area contributed by atoms with E-state index >= 15 is 0 Å². The molecule has 0 aromatic heterocycles. The van der Waals surface area contributed by atoms with Crippen molar-refractivity contribution < 1.29 is 22.4 Å². The molecular formula is C34H34Cl2FN3O4S. The first-order valence-corrected chi connectivity index (χ1v) is 16.6. The van der Waals surface area contributed by atoms with E-state index in [0.717, 1.165) is 9.87 Å². The number of halogens is 3. The highest BCUT2D eigenvalue weighted by atomic mass is 35.5. The standard InChI is InChI=1S/C34H34Cl2FN3O4S/c1-3-24(2)38-34(42)32(20-25-8-5-4-6-9-25)39(22-26-12-16-29(37)17-13-26)33(41)23-40(30-11-7-10-28(36)21-30)45(43,44)31-18-14-27(35)15-19-31/h4-19,21,24,32H,3,20,22-23H2,1-2H3,(H,38,42)/t24-,32+/m0/s1. The Bertz CT molecular complexity index is 1710. The number of sulfonamides is 1. The van der Waals surface area contributed by atoms with E-state index in [-0.39, 0.29) is 34.6 Å². The van der Waals surface area contributed by atoms with Crippen LogP contribution in [0.25, 0.3) is 0 Å². The highest BCUT2D eigenvalue weighted by Crippen LogP contribution is 2.28. The number of nitrogens with one attached hydrogen (secondary N) is 1. The summed E-state index contributed by atoms with van der Waals surface area (Å²) in [4.78, 5) is 29.5. The Balaban J connectivity index is 1.80. The summed E-state index contributed by atoms with van der Waals surface area (Å²) in [7, 11) is -4.30. The first-order chi connectivity index (χ1) is 21.5. The second-order valence-corrected chi connectivity index (χ2v) is 13.4. The molecule has 1 N–H and O–H groups in total. The number of hydrogen-bond acceptors (Lipinski definition) is 4. The largest absolute Gasteiger partial charge is 0.352 e. The molecule has 0 saturated carbocycles. The minimum atomic E-state index is -4.30. The lowest BCUT2D eigenvalue weighted by Gasteiger charge is -2.34. The average molecular weight is 671 g/mol. The van der Waals surface area contributed by atoms with Crippen molar-refractivity contribution in [3.8, 4) is 0 Å². The minimum absolute atomic E-state index is 0.0745. The molecule has 4 aromatic carbocycles. The highest BCUT2D eigenvalue weighted by Gasteiger charge is 2.35. The van der Waals surface area contributed by atoms with Gasteiger partial charge >= 0.3 is 0 Å². The zero-order valence-electron chi connectivity index (χ0n) is 24.9. The van der Waals surface area contributed by atoms with E-state index in [1.165, 1.54) is 65.6 Å². The van der Waals surface area contributed by atoms with Crippen LogP contribution in [0.4, 0.5) is 10.1 Å². The number of nitrogens with zero attached hydrogens (tertiary/aromatic N) is 2. The lowest BCUT2D eigenvalue weighted by atomic mass is 10.0. The molecule has 2 atom stereocenters. The number of rotatable bonds is 13. The molecule has 0 bridgehead atoms. The van der Waals surface area contributed by atoms with Gasteiger partial charge in [0.1, 0.15) is 18.4 Å². The van der Waals surface area contributed by atoms with Crippen LogP contribution < -0.4 is 9.62 Å². The number of amides is 2. The van der Waals surface area contributed by atoms with Crippen LogP contribution in [-0.2, 0) is 32.6 Å². The molecule has 0 aliphatic rings. The Hall–Kier alpha value is -3.92. The highest BCUT2D eigenvalue weighted by molar-refractivity contribution is 7.92. The SMILES string of the molecule is CC[C@H](C)NC(=O)[C@@H](Cc1ccccc1)N(Cc1ccc(F)cc1)C(=O)CN(c1cccc(Cl)c1)S(=O)(=O)c1ccc(Cl)cc1. The molecule has 236 valence electrons. The van der Waals surface area contributed by atoms with Crippen LogP contribution in [0.15, 0.2) is 108 Å². The maximum absolute atomic E-state index is 14.4. The predicted octanol–water partition coefficient (Wildman–Crippen LogP) is 6.88. The van der Waals surface area contributed by atoms with Crippen LogP contribution in [0, 0.1) is 5.82 Å². The molecule has 4 rings (SSSR count). The second-order valence-electron chi connectivity index (χ2n) is 10.6. The van der Waals surface area contributed by atoms with E-state index in [2.05, 4.69) is 5.32 Å². The van der Waals surface area contributed by atoms with Crippen molar-refractivity contribution in [2.24, 2.45) is 0 Å². The van der Waals surface area contributed by atoms with Crippen LogP contribution in [0.1, 0.15) is 31.4 Å². The van der Waals surface area contributed by atoms with E-state index in [1.807, 2.05) is 44.2 Å². The summed E-state index contributed by atoms with van der Waals surface area (Å²) in [6, 6.07) is 25.4. The molecule has 0 heterocycles. The summed E-state index contributed by atoms with van der Waals surface area (Å²) in [6.07, 6.45) is 0.828. The van der Waals surface area contributed by atoms with E-state index in [1.54, 1.807) is 12.1 Å². The van der Waals surface area contributed by atoms with Gasteiger partial charge in [-0.2, -0.15) is 0 Å². The minimum Gasteiger partial charge on any atom is -0.352 e. The Labute approximate surface area is 273 Å². The molecule has 11 heteroatoms. The van der Waals surface area contributed by atoms with E-state index in [0.29, 0.717) is 17.0 Å². The van der Waals surface area contributed by atoms with Gasteiger partial charge in [0.15, 0.2) is 0 Å². The topological polar surface area (TPSA) is 86.8 Å². The van der Waals surface area contributed by atoms with Crippen molar-refractivity contribution in [1.29, 1.82) is 0 Å². The van der Waals surface area contributed by atoms with Crippen LogP contribution >= 0.6 is 23.2 Å². The van der Waals surface area contributed by atoms with Gasteiger partial charge in [-0.15, -0.1) is 0 Å². The average Bonchev–Trinajstić information content (AvgIpc) is 3.02. The Morgan fingerprint density at radius 2 is 1.51 bits per heavy atom. The molecule has 0 spiro atoms. The zero-order valence-corrected chi connectivity index (χ0v) is 27.2. The van der Waals surface area contributed by atoms with Crippen molar-refractivity contribution in [3.63, 3.8) is 0 Å². The van der Waals surface area contributed by atoms with Gasteiger partial charge in [-0.25, -0.2) is 12.8 Å². The molecule has 0 aliphatic heterocycles. The lowest BCUT2D eigenvalue weighted by Crippen LogP contribution is -2.54. The summed E-state index contributed by atoms with van der Waals surface area (Å²) >= 11 is 12.3. The Morgan fingerprint density at radius 1 is 0.844 bits per heavy atom. The summed E-state index contributed by atoms with van der Waals surface area (Å²) in [6.45, 7) is 3.08. The van der Waals surface area contributed by atoms with Crippen LogP contribution in [0.2, 0.25) is 10.0 Å². The molecule has 0 saturated heterocycles. The first kappa shape index (κ1) is 34.0. The molecule has 0 aliphatic carbocycles. The molecule has 0 fully saturated rings. The van der Waals surface area contributed by atoms with Gasteiger partial charge in [-0.05, 0) is 79.1 Å². The van der Waals surface area contributed by atoms with Gasteiger partial charge in [0, 0.05) is 29.1 Å². The fraction of sp³-hybridized carbons (Fsp3) is 0.235. The number of carbonyl (C=O) groups is 2. The quantitative estimate of drug-likeness (QED) is 0.168. The smallest absolute Gasteiger partial charge is 0.264 e. The normalized spacial score (nSPS) is 12.6. The van der Waals surface area contributed by atoms with Crippen LogP contribution in [0.5, 0.6) is 0 Å². The molecule has 45 heavy (non-hydrogen) atoms. The molecule has 7 nitrogen and oxygen atoms in total. The van der Waals surface area contributed by atoms with Crippen LogP contribution in [0.3, 0.4) is 0 Å². The maximum atomic E-state index is 14.4. The fourth-order valence-electron chi connectivity index (χ4n) is 4.68. The van der Waals surface area contributed by atoms with Crippen molar-refractivity contribution >= 4 is 50.7 Å². The third-order valence-electron chi connectivity index (χ3n) is 7.31. The molecule has 0 unspecified atom stereocenters. The third kappa shape index (κ3) is 9.06. The number of anilines is 1. The van der Waals surface area contributed by atoms with Crippen molar-refractivity contribution in [2.45, 2.75) is 50.2 Å². The van der Waals surface area contributed by atoms with E-state index in [4.69, 9.17) is 23.2 Å². The second kappa shape index (κ2) is 15.4. The number of carbonyl (C=O) groups excluding carboxylic acids is 2. The lowest BCUT2D eigenvalue weighted by molar-refractivity contribution is -0.140. The summed E-state index contributed by atoms with van der Waals surface area (Å²) in [5.41, 5.74) is 1.53. The van der Waals surface area contributed by atoms with Crippen molar-refractivity contribution in [3.05, 3.63) is 130 Å². The zero-order chi connectivity index (χ0) is 32.6. The Morgan fingerprint density at radius 3 is 2.13 bits per heavy atom. The Kier molecular flexibility index (Phi) is 11.6. The monoisotopic (exact) mass is 669 g/mol. The first-order valence-electron chi connectivity index (χ1n) is 14.4. The van der Waals surface area contributed by atoms with Crippen LogP contribution in [-0.4, -0.2) is 43.8 Å². The summed E-state index contributed by atoms with van der Waals surface area (Å²) in [5, 5.41) is 3.60. The summed E-state index contributed by atoms with van der Waals surface area (Å²) in [5.74, 6) is -1.48. The number of hydrogen-bond donors (Lipinski definition) is 1. The van der Waals surface area contributed by atoms with Gasteiger partial charge < -0.3 is 10.2 Å². The van der Waals surface area contributed by atoms with Crippen molar-refractivity contribution in [2.75, 3.05) is 10.8 Å². The van der Waals surface area contributed by atoms with Crippen molar-refractivity contribution in [1.82, 2.24) is 10.2 Å². The molecule has 0 radical (unpaired) electrons. The van der Waals surface area contributed by atoms with Gasteiger partial charge in [-0.3, -0.25) is 13.9 Å². The molecular weight excluding hydrogens is 636 g/mol. The fourth-order valence-corrected chi connectivity index (χ4v) is 6.39. The van der Waals surface area contributed by atoms with Gasteiger partial charge in [0.05, 0.1) is 10.6 Å². The third-order valence-corrected chi connectivity index (χ3v) is 9.59. The van der Waals surface area contributed by atoms with Gasteiger partial charge in [0.25, 0.3) is 10.0 Å². The molecule has 2 amide bonds. The summed E-state index contributed by atoms with van der Waals surface area (Å²) < 4.78 is 42.9. The number of benzene rings is 4. The van der Waals surface area contributed by atoms with E-state index < -0.39 is 40.2 Å². The van der Waals surface area contributed by atoms with Gasteiger partial charge in [-0.1, -0.05) is 78.7 Å². The maximum Gasteiger partial charge on any atom is 0.264 e. The van der Waals surface area contributed by atoms with E-state index in [9.17, 15) is 22.4 Å². The molecule has 4 aromatic rings. The predicted molar refractivity (Wildman–Crippen MR) is 176 cm³/mol. The van der Waals surface area contributed by atoms with Gasteiger partial charge in [0.2, 0.25) is 11.8 Å².